The number of fused-ring (bicyclic) bond motifs is 1. The minimum absolute atomic E-state index is 0.00806. The second kappa shape index (κ2) is 5.83. The van der Waals surface area contributed by atoms with Gasteiger partial charge in [0.25, 0.3) is 5.69 Å². The topological polar surface area (TPSA) is 88.3 Å². The van der Waals surface area contributed by atoms with E-state index in [9.17, 15) is 15.2 Å². The lowest BCUT2D eigenvalue weighted by Gasteiger charge is -2.17. The fraction of sp³-hybridized carbons (Fsp3) is 0.357. The summed E-state index contributed by atoms with van der Waals surface area (Å²) >= 11 is 0. The van der Waals surface area contributed by atoms with Crippen LogP contribution in [0.25, 0.3) is 10.9 Å². The van der Waals surface area contributed by atoms with E-state index < -0.39 is 4.92 Å². The highest BCUT2D eigenvalue weighted by Gasteiger charge is 2.16. The zero-order valence-corrected chi connectivity index (χ0v) is 11.5. The third-order valence-corrected chi connectivity index (χ3v) is 3.22. The number of para-hydroxylation sites is 1. The summed E-state index contributed by atoms with van der Waals surface area (Å²) in [6.07, 6.45) is 0.758. The molecule has 0 aliphatic rings. The molecule has 0 amide bonds. The van der Waals surface area contributed by atoms with Crippen LogP contribution in [-0.2, 0) is 0 Å². The SMILES string of the molecule is CCC(CO)Nc1cc(C)nc2c([N+](=O)[O-])cccc12. The molecule has 6 nitrogen and oxygen atoms in total. The van der Waals surface area contributed by atoms with E-state index in [2.05, 4.69) is 10.3 Å². The number of hydrogen-bond donors (Lipinski definition) is 2. The highest BCUT2D eigenvalue weighted by atomic mass is 16.6. The van der Waals surface area contributed by atoms with Crippen LogP contribution in [0.15, 0.2) is 24.3 Å². The van der Waals surface area contributed by atoms with Crippen molar-refractivity contribution in [3.8, 4) is 0 Å². The van der Waals surface area contributed by atoms with Crippen LogP contribution in [0.3, 0.4) is 0 Å². The Labute approximate surface area is 116 Å². The lowest BCUT2D eigenvalue weighted by atomic mass is 10.1. The molecule has 0 saturated carbocycles. The molecular weight excluding hydrogens is 258 g/mol. The van der Waals surface area contributed by atoms with E-state index in [4.69, 9.17) is 0 Å². The number of non-ortho nitro benzene ring substituents is 1. The second-order valence-corrected chi connectivity index (χ2v) is 4.67. The van der Waals surface area contributed by atoms with Crippen LogP contribution in [0.5, 0.6) is 0 Å². The van der Waals surface area contributed by atoms with E-state index in [-0.39, 0.29) is 18.3 Å². The molecule has 0 radical (unpaired) electrons. The quantitative estimate of drug-likeness (QED) is 0.647. The number of aryl methyl sites for hydroxylation is 1. The molecular formula is C14H17N3O3. The van der Waals surface area contributed by atoms with Crippen LogP contribution in [0.4, 0.5) is 11.4 Å². The van der Waals surface area contributed by atoms with Crippen molar-refractivity contribution >= 4 is 22.3 Å². The number of nitro groups is 1. The number of hydrogen-bond acceptors (Lipinski definition) is 5. The molecule has 2 N–H and O–H groups in total. The van der Waals surface area contributed by atoms with Crippen LogP contribution < -0.4 is 5.32 Å². The number of aliphatic hydroxyl groups is 1. The van der Waals surface area contributed by atoms with Crippen molar-refractivity contribution in [1.29, 1.82) is 0 Å². The van der Waals surface area contributed by atoms with Gasteiger partial charge in [0.1, 0.15) is 0 Å². The maximum atomic E-state index is 11.1. The van der Waals surface area contributed by atoms with E-state index in [1.807, 2.05) is 13.0 Å². The van der Waals surface area contributed by atoms with E-state index in [1.165, 1.54) is 6.07 Å². The van der Waals surface area contributed by atoms with Crippen molar-refractivity contribution in [3.05, 3.63) is 40.1 Å². The van der Waals surface area contributed by atoms with Crippen molar-refractivity contribution < 1.29 is 10.0 Å². The van der Waals surface area contributed by atoms with Gasteiger partial charge < -0.3 is 10.4 Å². The largest absolute Gasteiger partial charge is 0.394 e. The summed E-state index contributed by atoms with van der Waals surface area (Å²) in [5, 5.41) is 24.3. The van der Waals surface area contributed by atoms with Crippen LogP contribution in [-0.4, -0.2) is 27.7 Å². The Morgan fingerprint density at radius 3 is 2.85 bits per heavy atom. The molecule has 2 aromatic rings. The van der Waals surface area contributed by atoms with E-state index in [0.29, 0.717) is 16.6 Å². The summed E-state index contributed by atoms with van der Waals surface area (Å²) in [5.41, 5.74) is 1.82. The van der Waals surface area contributed by atoms with Gasteiger partial charge in [0.05, 0.1) is 11.5 Å². The Balaban J connectivity index is 2.60. The molecule has 0 fully saturated rings. The first-order valence-electron chi connectivity index (χ1n) is 6.49. The summed E-state index contributed by atoms with van der Waals surface area (Å²) in [5.74, 6) is 0. The summed E-state index contributed by atoms with van der Waals surface area (Å²) in [6, 6.07) is 6.63. The lowest BCUT2D eigenvalue weighted by molar-refractivity contribution is -0.383. The third-order valence-electron chi connectivity index (χ3n) is 3.22. The summed E-state index contributed by atoms with van der Waals surface area (Å²) < 4.78 is 0. The Hall–Kier alpha value is -2.21. The number of aliphatic hydroxyl groups excluding tert-OH is 1. The van der Waals surface area contributed by atoms with Crippen molar-refractivity contribution in [3.63, 3.8) is 0 Å². The first-order chi connectivity index (χ1) is 9.56. The molecule has 1 aromatic heterocycles. The van der Waals surface area contributed by atoms with Gasteiger partial charge in [-0.2, -0.15) is 0 Å². The van der Waals surface area contributed by atoms with Gasteiger partial charge in [-0.3, -0.25) is 10.1 Å². The number of rotatable bonds is 5. The number of anilines is 1. The Morgan fingerprint density at radius 1 is 1.50 bits per heavy atom. The third kappa shape index (κ3) is 2.70. The molecule has 0 spiro atoms. The molecule has 6 heteroatoms. The van der Waals surface area contributed by atoms with Gasteiger partial charge in [-0.15, -0.1) is 0 Å². The number of nitrogens with one attached hydrogen (secondary N) is 1. The molecule has 0 saturated heterocycles. The lowest BCUT2D eigenvalue weighted by Crippen LogP contribution is -2.22. The van der Waals surface area contributed by atoms with Gasteiger partial charge >= 0.3 is 0 Å². The predicted octanol–water partition coefficient (Wildman–Crippen LogP) is 2.63. The monoisotopic (exact) mass is 275 g/mol. The predicted molar refractivity (Wildman–Crippen MR) is 77.9 cm³/mol. The molecule has 1 heterocycles. The van der Waals surface area contributed by atoms with Crippen LogP contribution >= 0.6 is 0 Å². The van der Waals surface area contributed by atoms with Crippen molar-refractivity contribution in [1.82, 2.24) is 4.98 Å². The molecule has 1 unspecified atom stereocenters. The zero-order chi connectivity index (χ0) is 14.7. The number of nitro benzene ring substituents is 1. The van der Waals surface area contributed by atoms with Gasteiger partial charge in [-0.05, 0) is 19.4 Å². The second-order valence-electron chi connectivity index (χ2n) is 4.67. The molecule has 1 aromatic carbocycles. The smallest absolute Gasteiger partial charge is 0.295 e. The molecule has 2 rings (SSSR count). The standard InChI is InChI=1S/C14H17N3O3/c1-3-10(8-18)16-12-7-9(2)15-14-11(12)5-4-6-13(14)17(19)20/h4-7,10,18H,3,8H2,1-2H3,(H,15,16). The Kier molecular flexibility index (Phi) is 4.14. The summed E-state index contributed by atoms with van der Waals surface area (Å²) in [6.45, 7) is 3.77. The van der Waals surface area contributed by atoms with E-state index >= 15 is 0 Å². The number of benzene rings is 1. The van der Waals surface area contributed by atoms with Crippen LogP contribution in [0.2, 0.25) is 0 Å². The van der Waals surface area contributed by atoms with Crippen LogP contribution in [0.1, 0.15) is 19.0 Å². The highest BCUT2D eigenvalue weighted by molar-refractivity contribution is 5.96. The number of nitrogens with zero attached hydrogens (tertiary/aromatic N) is 2. The van der Waals surface area contributed by atoms with Crippen molar-refractivity contribution in [2.75, 3.05) is 11.9 Å². The average Bonchev–Trinajstić information content (AvgIpc) is 2.43. The first kappa shape index (κ1) is 14.2. The maximum absolute atomic E-state index is 11.1. The summed E-state index contributed by atoms with van der Waals surface area (Å²) in [7, 11) is 0. The van der Waals surface area contributed by atoms with Gasteiger partial charge in [-0.25, -0.2) is 4.98 Å². The first-order valence-corrected chi connectivity index (χ1v) is 6.49. The normalized spacial score (nSPS) is 12.3. The van der Waals surface area contributed by atoms with Gasteiger partial charge in [0.15, 0.2) is 5.52 Å². The van der Waals surface area contributed by atoms with Crippen molar-refractivity contribution in [2.24, 2.45) is 0 Å². The maximum Gasteiger partial charge on any atom is 0.295 e. The Bertz CT molecular complexity index is 639. The number of aromatic nitrogens is 1. The van der Waals surface area contributed by atoms with E-state index in [0.717, 1.165) is 12.1 Å². The minimum Gasteiger partial charge on any atom is -0.394 e. The van der Waals surface area contributed by atoms with Gasteiger partial charge in [0, 0.05) is 28.9 Å². The van der Waals surface area contributed by atoms with Gasteiger partial charge in [0.2, 0.25) is 0 Å². The Morgan fingerprint density at radius 2 is 2.25 bits per heavy atom. The molecule has 20 heavy (non-hydrogen) atoms. The van der Waals surface area contributed by atoms with E-state index in [1.54, 1.807) is 19.1 Å². The molecule has 0 aliphatic carbocycles. The van der Waals surface area contributed by atoms with Gasteiger partial charge in [-0.1, -0.05) is 19.1 Å². The molecule has 1 atom stereocenters. The summed E-state index contributed by atoms with van der Waals surface area (Å²) in [4.78, 5) is 14.9. The van der Waals surface area contributed by atoms with Crippen molar-refractivity contribution in [2.45, 2.75) is 26.3 Å². The highest BCUT2D eigenvalue weighted by Crippen LogP contribution is 2.30. The zero-order valence-electron chi connectivity index (χ0n) is 11.5. The molecule has 0 bridgehead atoms. The molecule has 0 aliphatic heterocycles. The minimum atomic E-state index is -0.429. The van der Waals surface area contributed by atoms with Crippen LogP contribution in [0, 0.1) is 17.0 Å². The fourth-order valence-electron chi connectivity index (χ4n) is 2.12. The number of pyridine rings is 1. The average molecular weight is 275 g/mol. The molecule has 106 valence electrons. The fourth-order valence-corrected chi connectivity index (χ4v) is 2.12.